The molecule has 3 atom stereocenters. The van der Waals surface area contributed by atoms with Gasteiger partial charge in [-0.1, -0.05) is 32.1 Å². The number of benzene rings is 2. The van der Waals surface area contributed by atoms with E-state index in [1.54, 1.807) is 14.2 Å². The van der Waals surface area contributed by atoms with Gasteiger partial charge in [-0.25, -0.2) is 0 Å². The number of hydrogen-bond acceptors (Lipinski definition) is 4. The van der Waals surface area contributed by atoms with E-state index < -0.39 is 0 Å². The van der Waals surface area contributed by atoms with Gasteiger partial charge in [-0.05, 0) is 66.1 Å². The van der Waals surface area contributed by atoms with Crippen molar-refractivity contribution >= 4 is 5.69 Å². The lowest BCUT2D eigenvalue weighted by Crippen LogP contribution is -2.29. The lowest BCUT2D eigenvalue weighted by Gasteiger charge is -2.37. The molecule has 0 radical (unpaired) electrons. The number of fused-ring (bicyclic) bond motifs is 3. The maximum Gasteiger partial charge on any atom is 0.161 e. The molecule has 2 aliphatic rings. The van der Waals surface area contributed by atoms with E-state index in [2.05, 4.69) is 61.6 Å². The van der Waals surface area contributed by atoms with Gasteiger partial charge in [0, 0.05) is 11.6 Å². The molecule has 2 aromatic rings. The molecule has 0 fully saturated rings. The van der Waals surface area contributed by atoms with Crippen LogP contribution in [0.1, 0.15) is 49.8 Å². The van der Waals surface area contributed by atoms with E-state index in [0.717, 1.165) is 36.7 Å². The van der Waals surface area contributed by atoms with E-state index >= 15 is 0 Å². The Morgan fingerprint density at radius 2 is 1.86 bits per heavy atom. The molecule has 3 unspecified atom stereocenters. The summed E-state index contributed by atoms with van der Waals surface area (Å²) in [6, 6.07) is 12.9. The highest BCUT2D eigenvalue weighted by Gasteiger charge is 2.38. The third kappa shape index (κ3) is 3.93. The summed E-state index contributed by atoms with van der Waals surface area (Å²) >= 11 is 0. The molecular weight excluding hydrogens is 362 g/mol. The first-order valence-electron chi connectivity index (χ1n) is 10.5. The summed E-state index contributed by atoms with van der Waals surface area (Å²) in [5.41, 5.74) is 3.75. The van der Waals surface area contributed by atoms with Crippen molar-refractivity contribution in [1.82, 2.24) is 0 Å². The van der Waals surface area contributed by atoms with Crippen LogP contribution in [0.25, 0.3) is 0 Å². The molecular formula is C25H31NO3. The quantitative estimate of drug-likeness (QED) is 0.590. The fourth-order valence-corrected chi connectivity index (χ4v) is 4.45. The van der Waals surface area contributed by atoms with Gasteiger partial charge in [0.25, 0.3) is 0 Å². The summed E-state index contributed by atoms with van der Waals surface area (Å²) in [4.78, 5) is 0. The molecule has 4 heteroatoms. The number of ether oxygens (including phenoxy) is 3. The number of anilines is 1. The third-order valence-corrected chi connectivity index (χ3v) is 6.06. The minimum absolute atomic E-state index is 0.231. The molecule has 0 amide bonds. The molecule has 0 spiro atoms. The molecule has 0 bridgehead atoms. The summed E-state index contributed by atoms with van der Waals surface area (Å²) in [6.45, 7) is 5.22. The Kier molecular flexibility index (Phi) is 5.70. The Balaban J connectivity index is 1.61. The minimum atomic E-state index is 0.231. The minimum Gasteiger partial charge on any atom is -0.494 e. The van der Waals surface area contributed by atoms with Crippen molar-refractivity contribution in [3.8, 4) is 17.2 Å². The molecule has 1 aliphatic carbocycles. The molecule has 0 saturated carbocycles. The highest BCUT2D eigenvalue weighted by molar-refractivity contribution is 5.62. The van der Waals surface area contributed by atoms with Gasteiger partial charge in [-0.2, -0.15) is 0 Å². The van der Waals surface area contributed by atoms with E-state index in [1.165, 1.54) is 16.8 Å². The first kappa shape index (κ1) is 19.7. The average Bonchev–Trinajstić information content (AvgIpc) is 3.22. The summed E-state index contributed by atoms with van der Waals surface area (Å²) < 4.78 is 17.0. The fourth-order valence-electron chi connectivity index (χ4n) is 4.45. The van der Waals surface area contributed by atoms with E-state index in [9.17, 15) is 0 Å². The Bertz CT molecular complexity index is 890. The van der Waals surface area contributed by atoms with Crippen molar-refractivity contribution in [2.45, 2.75) is 38.6 Å². The highest BCUT2D eigenvalue weighted by Crippen LogP contribution is 2.51. The van der Waals surface area contributed by atoms with Crippen LogP contribution in [0.2, 0.25) is 0 Å². The largest absolute Gasteiger partial charge is 0.494 e. The van der Waals surface area contributed by atoms with Crippen molar-refractivity contribution in [3.63, 3.8) is 0 Å². The number of rotatable bonds is 7. The number of nitrogens with one attached hydrogen (secondary N) is 1. The molecule has 4 nitrogen and oxygen atoms in total. The van der Waals surface area contributed by atoms with Gasteiger partial charge in [0.15, 0.2) is 11.5 Å². The highest BCUT2D eigenvalue weighted by atomic mass is 16.5. The second-order valence-electron chi connectivity index (χ2n) is 8.37. The van der Waals surface area contributed by atoms with Gasteiger partial charge in [0.05, 0.1) is 26.9 Å². The zero-order valence-corrected chi connectivity index (χ0v) is 17.8. The van der Waals surface area contributed by atoms with Crippen LogP contribution in [0, 0.1) is 11.8 Å². The molecule has 0 aromatic heterocycles. The smallest absolute Gasteiger partial charge is 0.161 e. The maximum atomic E-state index is 6.02. The fraction of sp³-hybridized carbons (Fsp3) is 0.440. The zero-order chi connectivity index (χ0) is 20.4. The Morgan fingerprint density at radius 3 is 2.62 bits per heavy atom. The molecule has 29 heavy (non-hydrogen) atoms. The van der Waals surface area contributed by atoms with Crippen molar-refractivity contribution < 1.29 is 14.2 Å². The van der Waals surface area contributed by atoms with E-state index in [4.69, 9.17) is 14.2 Å². The van der Waals surface area contributed by atoms with Gasteiger partial charge >= 0.3 is 0 Å². The molecule has 154 valence electrons. The molecule has 1 heterocycles. The molecule has 2 aromatic carbocycles. The van der Waals surface area contributed by atoms with Crippen molar-refractivity contribution in [1.29, 1.82) is 0 Å². The summed E-state index contributed by atoms with van der Waals surface area (Å²) in [5.74, 6) is 4.03. The lowest BCUT2D eigenvalue weighted by atomic mass is 9.77. The number of hydrogen-bond donors (Lipinski definition) is 1. The summed E-state index contributed by atoms with van der Waals surface area (Å²) in [7, 11) is 3.36. The predicted octanol–water partition coefficient (Wildman–Crippen LogP) is 5.96. The van der Waals surface area contributed by atoms with Crippen LogP contribution in [-0.4, -0.2) is 20.8 Å². The van der Waals surface area contributed by atoms with Crippen LogP contribution < -0.4 is 19.5 Å². The molecule has 1 N–H and O–H groups in total. The van der Waals surface area contributed by atoms with Crippen LogP contribution >= 0.6 is 0 Å². The second kappa shape index (κ2) is 8.40. The maximum absolute atomic E-state index is 6.02. The Labute approximate surface area is 173 Å². The standard InChI is InChI=1S/C25H31NO3/c1-16(2)12-13-29-18-9-10-22-21(15-18)19-6-5-7-20(19)25(26-22)17-8-11-23(27-3)24(14-17)28-4/h5-6,8-11,14-16,19-20,25-26H,7,12-13H2,1-4H3. The third-order valence-electron chi connectivity index (χ3n) is 6.06. The number of methoxy groups -OCH3 is 2. The number of allylic oxidation sites excluding steroid dienone is 2. The van der Waals surface area contributed by atoms with Gasteiger partial charge < -0.3 is 19.5 Å². The predicted molar refractivity (Wildman–Crippen MR) is 117 cm³/mol. The van der Waals surface area contributed by atoms with E-state index in [0.29, 0.717) is 17.8 Å². The topological polar surface area (TPSA) is 39.7 Å². The van der Waals surface area contributed by atoms with E-state index in [1.807, 2.05) is 6.07 Å². The van der Waals surface area contributed by atoms with Gasteiger partial charge in [0.1, 0.15) is 5.75 Å². The van der Waals surface area contributed by atoms with E-state index in [-0.39, 0.29) is 6.04 Å². The lowest BCUT2D eigenvalue weighted by molar-refractivity contribution is 0.289. The molecule has 1 aliphatic heterocycles. The molecule has 0 saturated heterocycles. The monoisotopic (exact) mass is 393 g/mol. The zero-order valence-electron chi connectivity index (χ0n) is 17.8. The first-order valence-corrected chi connectivity index (χ1v) is 10.5. The van der Waals surface area contributed by atoms with Crippen LogP contribution in [0.3, 0.4) is 0 Å². The van der Waals surface area contributed by atoms with Gasteiger partial charge in [-0.3, -0.25) is 0 Å². The summed E-state index contributed by atoms with van der Waals surface area (Å²) in [6.07, 6.45) is 6.80. The average molecular weight is 394 g/mol. The van der Waals surface area contributed by atoms with Crippen molar-refractivity contribution in [3.05, 3.63) is 59.7 Å². The van der Waals surface area contributed by atoms with Gasteiger partial charge in [-0.15, -0.1) is 0 Å². The first-order chi connectivity index (χ1) is 14.1. The van der Waals surface area contributed by atoms with Crippen LogP contribution in [-0.2, 0) is 0 Å². The van der Waals surface area contributed by atoms with Crippen LogP contribution in [0.15, 0.2) is 48.6 Å². The molecule has 4 rings (SSSR count). The summed E-state index contributed by atoms with van der Waals surface area (Å²) in [5, 5.41) is 3.78. The Hall–Kier alpha value is -2.62. The van der Waals surface area contributed by atoms with Crippen molar-refractivity contribution in [2.75, 3.05) is 26.1 Å². The SMILES string of the molecule is COc1ccc(C2Nc3ccc(OCCC(C)C)cc3C3C=CCC32)cc1OC. The van der Waals surface area contributed by atoms with Crippen LogP contribution in [0.4, 0.5) is 5.69 Å². The van der Waals surface area contributed by atoms with Crippen molar-refractivity contribution in [2.24, 2.45) is 11.8 Å². The normalized spacial score (nSPS) is 22.0. The Morgan fingerprint density at radius 1 is 1.03 bits per heavy atom. The second-order valence-corrected chi connectivity index (χ2v) is 8.37. The van der Waals surface area contributed by atoms with Crippen LogP contribution in [0.5, 0.6) is 17.2 Å². The van der Waals surface area contributed by atoms with Gasteiger partial charge in [0.2, 0.25) is 0 Å².